The van der Waals surface area contributed by atoms with Crippen LogP contribution in [0.15, 0.2) is 36.5 Å². The van der Waals surface area contributed by atoms with Gasteiger partial charge in [-0.15, -0.1) is 17.8 Å². The molecule has 3 aromatic rings. The molecule has 0 saturated carbocycles. The Labute approximate surface area is 221 Å². The zero-order valence-electron chi connectivity index (χ0n) is 21.3. The van der Waals surface area contributed by atoms with Crippen LogP contribution in [0.1, 0.15) is 65.9 Å². The minimum atomic E-state index is -0.455. The standard InChI is InChI=1S/C28H32N4O4S/c1-5-22-23-10-9-19(16-36-28(35)30-18(3)24-11-12-29-32(24)4)14-25(23)37-27(22)31-26(34)13-17(2)20-7-6-8-21(33)15-20/h1,6-8,11-12,15,17-19,33H,9-10,13-14,16H2,2-4H3,(H,30,35)(H,31,34). The predicted molar refractivity (Wildman–Crippen MR) is 144 cm³/mol. The largest absolute Gasteiger partial charge is 0.508 e. The molecule has 2 heterocycles. The number of aromatic nitrogens is 2. The number of thiophene rings is 1. The number of carbonyl (C=O) groups is 2. The Bertz CT molecular complexity index is 1320. The van der Waals surface area contributed by atoms with Crippen molar-refractivity contribution < 1.29 is 19.4 Å². The Morgan fingerprint density at radius 3 is 2.86 bits per heavy atom. The first-order valence-corrected chi connectivity index (χ1v) is 13.2. The van der Waals surface area contributed by atoms with Crippen LogP contribution in [0.3, 0.4) is 0 Å². The molecular formula is C28H32N4O4S. The summed E-state index contributed by atoms with van der Waals surface area (Å²) in [7, 11) is 1.83. The molecule has 194 valence electrons. The Balaban J connectivity index is 1.32. The van der Waals surface area contributed by atoms with Crippen LogP contribution in [0.4, 0.5) is 9.80 Å². The van der Waals surface area contributed by atoms with Crippen molar-refractivity contribution in [1.82, 2.24) is 15.1 Å². The Hall–Kier alpha value is -3.77. The number of phenols is 1. The van der Waals surface area contributed by atoms with E-state index in [-0.39, 0.29) is 36.0 Å². The highest BCUT2D eigenvalue weighted by atomic mass is 32.1. The Kier molecular flexibility index (Phi) is 8.19. The predicted octanol–water partition coefficient (Wildman–Crippen LogP) is 4.89. The summed E-state index contributed by atoms with van der Waals surface area (Å²) in [6.07, 6.45) is 9.72. The molecule has 9 heteroatoms. The molecule has 1 aliphatic rings. The number of terminal acetylenes is 1. The lowest BCUT2D eigenvalue weighted by atomic mass is 9.87. The third-order valence-electron chi connectivity index (χ3n) is 6.78. The topological polar surface area (TPSA) is 105 Å². The minimum Gasteiger partial charge on any atom is -0.508 e. The van der Waals surface area contributed by atoms with E-state index in [4.69, 9.17) is 11.2 Å². The van der Waals surface area contributed by atoms with Crippen molar-refractivity contribution >= 4 is 28.3 Å². The van der Waals surface area contributed by atoms with E-state index < -0.39 is 6.09 Å². The van der Waals surface area contributed by atoms with Crippen LogP contribution in [0.2, 0.25) is 0 Å². The monoisotopic (exact) mass is 520 g/mol. The van der Waals surface area contributed by atoms with Gasteiger partial charge < -0.3 is 20.5 Å². The number of fused-ring (bicyclic) bond motifs is 1. The first-order chi connectivity index (χ1) is 17.7. The fourth-order valence-corrected chi connectivity index (χ4v) is 6.08. The van der Waals surface area contributed by atoms with Gasteiger partial charge >= 0.3 is 6.09 Å². The maximum absolute atomic E-state index is 12.8. The maximum atomic E-state index is 12.8. The average molecular weight is 521 g/mol. The second-order valence-electron chi connectivity index (χ2n) is 9.55. The van der Waals surface area contributed by atoms with E-state index in [9.17, 15) is 14.7 Å². The molecule has 0 fully saturated rings. The SMILES string of the molecule is C#Cc1c(NC(=O)CC(C)c2cccc(O)c2)sc2c1CCC(COC(=O)NC(C)c1ccnn1C)C2. The van der Waals surface area contributed by atoms with Crippen LogP contribution in [-0.2, 0) is 29.4 Å². The van der Waals surface area contributed by atoms with E-state index >= 15 is 0 Å². The molecule has 0 saturated heterocycles. The summed E-state index contributed by atoms with van der Waals surface area (Å²) in [4.78, 5) is 26.3. The number of hydrogen-bond acceptors (Lipinski definition) is 6. The molecule has 1 aliphatic carbocycles. The molecule has 0 spiro atoms. The fourth-order valence-electron chi connectivity index (χ4n) is 4.74. The molecule has 4 rings (SSSR count). The van der Waals surface area contributed by atoms with E-state index in [1.807, 2.05) is 33.0 Å². The normalized spacial score (nSPS) is 16.2. The van der Waals surface area contributed by atoms with Crippen molar-refractivity contribution in [1.29, 1.82) is 0 Å². The first kappa shape index (κ1) is 26.3. The van der Waals surface area contributed by atoms with Crippen LogP contribution in [0.25, 0.3) is 0 Å². The van der Waals surface area contributed by atoms with Crippen molar-refractivity contribution in [2.24, 2.45) is 13.0 Å². The molecule has 3 unspecified atom stereocenters. The summed E-state index contributed by atoms with van der Waals surface area (Å²) in [6, 6.07) is 8.60. The molecule has 0 radical (unpaired) electrons. The van der Waals surface area contributed by atoms with Crippen LogP contribution < -0.4 is 10.6 Å². The molecule has 3 atom stereocenters. The zero-order chi connectivity index (χ0) is 26.5. The van der Waals surface area contributed by atoms with Crippen LogP contribution in [0.5, 0.6) is 5.75 Å². The van der Waals surface area contributed by atoms with Crippen LogP contribution in [-0.4, -0.2) is 33.5 Å². The number of hydrogen-bond donors (Lipinski definition) is 3. The van der Waals surface area contributed by atoms with E-state index in [0.717, 1.165) is 46.5 Å². The molecule has 3 N–H and O–H groups in total. The highest BCUT2D eigenvalue weighted by Crippen LogP contribution is 2.39. The molecule has 37 heavy (non-hydrogen) atoms. The number of ether oxygens (including phenoxy) is 1. The van der Waals surface area contributed by atoms with Gasteiger partial charge in [-0.1, -0.05) is 25.0 Å². The Morgan fingerprint density at radius 2 is 2.16 bits per heavy atom. The zero-order valence-corrected chi connectivity index (χ0v) is 22.1. The quantitative estimate of drug-likeness (QED) is 0.367. The van der Waals surface area contributed by atoms with Crippen molar-refractivity contribution in [3.05, 3.63) is 63.8 Å². The number of alkyl carbamates (subject to hydrolysis) is 1. The van der Waals surface area contributed by atoms with Gasteiger partial charge in [0.05, 0.1) is 23.9 Å². The fraction of sp³-hybridized carbons (Fsp3) is 0.393. The van der Waals surface area contributed by atoms with Crippen molar-refractivity contribution in [2.45, 2.75) is 51.5 Å². The van der Waals surface area contributed by atoms with Gasteiger partial charge in [-0.3, -0.25) is 9.48 Å². The third-order valence-corrected chi connectivity index (χ3v) is 7.95. The molecule has 0 aliphatic heterocycles. The maximum Gasteiger partial charge on any atom is 0.407 e. The molecule has 2 amide bonds. The minimum absolute atomic E-state index is 0.0516. The number of benzene rings is 1. The summed E-state index contributed by atoms with van der Waals surface area (Å²) in [5.41, 5.74) is 3.65. The number of phenolic OH excluding ortho intramolecular Hbond substituents is 1. The smallest absolute Gasteiger partial charge is 0.407 e. The van der Waals surface area contributed by atoms with Crippen LogP contribution >= 0.6 is 11.3 Å². The van der Waals surface area contributed by atoms with E-state index in [0.29, 0.717) is 11.6 Å². The summed E-state index contributed by atoms with van der Waals surface area (Å²) >= 11 is 1.51. The molecule has 2 aromatic heterocycles. The van der Waals surface area contributed by atoms with Gasteiger partial charge in [0.1, 0.15) is 10.8 Å². The second kappa shape index (κ2) is 11.5. The lowest BCUT2D eigenvalue weighted by Crippen LogP contribution is -2.31. The van der Waals surface area contributed by atoms with Gasteiger partial charge in [0.25, 0.3) is 0 Å². The number of rotatable bonds is 8. The third kappa shape index (κ3) is 6.33. The van der Waals surface area contributed by atoms with Gasteiger partial charge in [0, 0.05) is 24.5 Å². The van der Waals surface area contributed by atoms with Gasteiger partial charge in [-0.05, 0) is 67.3 Å². The number of anilines is 1. The summed E-state index contributed by atoms with van der Waals surface area (Å²) in [6.45, 7) is 4.16. The summed E-state index contributed by atoms with van der Waals surface area (Å²) in [5, 5.41) is 20.4. The molecule has 0 bridgehead atoms. The number of amides is 2. The molecule has 8 nitrogen and oxygen atoms in total. The number of aromatic hydroxyl groups is 1. The number of nitrogens with zero attached hydrogens (tertiary/aromatic N) is 2. The molecule has 1 aromatic carbocycles. The van der Waals surface area contributed by atoms with E-state index in [1.54, 1.807) is 29.1 Å². The van der Waals surface area contributed by atoms with Gasteiger partial charge in [-0.25, -0.2) is 4.79 Å². The summed E-state index contributed by atoms with van der Waals surface area (Å²) < 4.78 is 7.24. The van der Waals surface area contributed by atoms with E-state index in [1.165, 1.54) is 11.3 Å². The van der Waals surface area contributed by atoms with Gasteiger partial charge in [0.15, 0.2) is 0 Å². The highest BCUT2D eigenvalue weighted by Gasteiger charge is 2.27. The number of aryl methyl sites for hydroxylation is 1. The van der Waals surface area contributed by atoms with Crippen LogP contribution in [0, 0.1) is 18.3 Å². The summed E-state index contributed by atoms with van der Waals surface area (Å²) in [5.74, 6) is 2.96. The number of nitrogens with one attached hydrogen (secondary N) is 2. The van der Waals surface area contributed by atoms with Gasteiger partial charge in [-0.2, -0.15) is 5.10 Å². The number of carbonyl (C=O) groups excluding carboxylic acids is 2. The lowest BCUT2D eigenvalue weighted by molar-refractivity contribution is -0.116. The van der Waals surface area contributed by atoms with E-state index in [2.05, 4.69) is 21.7 Å². The average Bonchev–Trinajstić information content (AvgIpc) is 3.44. The second-order valence-corrected chi connectivity index (χ2v) is 10.7. The van der Waals surface area contributed by atoms with Crippen molar-refractivity contribution in [3.8, 4) is 18.1 Å². The lowest BCUT2D eigenvalue weighted by Gasteiger charge is -2.22. The molecular weight excluding hydrogens is 488 g/mol. The Morgan fingerprint density at radius 1 is 1.35 bits per heavy atom. The van der Waals surface area contributed by atoms with Crippen molar-refractivity contribution in [3.63, 3.8) is 0 Å². The van der Waals surface area contributed by atoms with Crippen molar-refractivity contribution in [2.75, 3.05) is 11.9 Å². The first-order valence-electron chi connectivity index (χ1n) is 12.4. The highest BCUT2D eigenvalue weighted by molar-refractivity contribution is 7.16. The van der Waals surface area contributed by atoms with Gasteiger partial charge in [0.2, 0.25) is 5.91 Å².